The van der Waals surface area contributed by atoms with Gasteiger partial charge in [-0.15, -0.1) is 4.91 Å². The first-order valence-corrected chi connectivity index (χ1v) is 8.13. The van der Waals surface area contributed by atoms with Crippen LogP contribution in [0.3, 0.4) is 0 Å². The molecule has 4 atom stereocenters. The van der Waals surface area contributed by atoms with E-state index >= 15 is 0 Å². The summed E-state index contributed by atoms with van der Waals surface area (Å²) in [5.41, 5.74) is 3.22. The van der Waals surface area contributed by atoms with Crippen molar-refractivity contribution < 1.29 is 4.79 Å². The topological polar surface area (TPSA) is 46.5 Å². The molecule has 4 rings (SSSR count). The number of ketones is 1. The van der Waals surface area contributed by atoms with E-state index in [1.54, 1.807) is 0 Å². The number of nitroso groups, excluding NO2 is 1. The van der Waals surface area contributed by atoms with Crippen molar-refractivity contribution in [3.63, 3.8) is 0 Å². The lowest BCUT2D eigenvalue weighted by Gasteiger charge is -2.48. The van der Waals surface area contributed by atoms with Gasteiger partial charge in [-0.05, 0) is 78.3 Å². The van der Waals surface area contributed by atoms with Crippen LogP contribution in [0.2, 0.25) is 0 Å². The number of benzene rings is 1. The van der Waals surface area contributed by atoms with Gasteiger partial charge in [0.05, 0.1) is 0 Å². The van der Waals surface area contributed by atoms with Crippen molar-refractivity contribution in [3.8, 4) is 0 Å². The van der Waals surface area contributed by atoms with Crippen molar-refractivity contribution in [1.29, 1.82) is 0 Å². The molecule has 0 aliphatic heterocycles. The van der Waals surface area contributed by atoms with Crippen molar-refractivity contribution in [2.75, 3.05) is 0 Å². The first kappa shape index (κ1) is 13.2. The monoisotopic (exact) mass is 283 g/mol. The Bertz CT molecular complexity index is 624. The molecule has 0 saturated heterocycles. The summed E-state index contributed by atoms with van der Waals surface area (Å²) in [6, 6.07) is 5.93. The first-order valence-electron chi connectivity index (χ1n) is 8.13. The highest BCUT2D eigenvalue weighted by Crippen LogP contribution is 2.59. The molecule has 3 aliphatic rings. The number of hydrogen-bond acceptors (Lipinski definition) is 3. The van der Waals surface area contributed by atoms with E-state index < -0.39 is 0 Å². The number of aryl methyl sites for hydroxylation is 1. The highest BCUT2D eigenvalue weighted by molar-refractivity contribution is 5.87. The number of hydrogen-bond donors (Lipinski definition) is 0. The minimum absolute atomic E-state index is 0.0526. The molecule has 1 aromatic rings. The molecule has 2 fully saturated rings. The molecule has 1 aromatic carbocycles. The normalized spacial score (nSPS) is 37.6. The zero-order valence-electron chi connectivity index (χ0n) is 12.5. The summed E-state index contributed by atoms with van der Waals surface area (Å²) < 4.78 is 0. The zero-order chi connectivity index (χ0) is 14.6. The van der Waals surface area contributed by atoms with Gasteiger partial charge < -0.3 is 0 Å². The van der Waals surface area contributed by atoms with E-state index in [0.717, 1.165) is 38.5 Å². The van der Waals surface area contributed by atoms with Crippen LogP contribution in [-0.4, -0.2) is 5.78 Å². The number of carbonyl (C=O) groups is 1. The Labute approximate surface area is 125 Å². The molecule has 0 aromatic heterocycles. The maximum atomic E-state index is 12.3. The van der Waals surface area contributed by atoms with Gasteiger partial charge in [0.15, 0.2) is 0 Å². The lowest BCUT2D eigenvalue weighted by Crippen LogP contribution is -2.42. The van der Waals surface area contributed by atoms with E-state index in [0.29, 0.717) is 29.2 Å². The highest BCUT2D eigenvalue weighted by atomic mass is 16.3. The third kappa shape index (κ3) is 1.76. The Balaban J connectivity index is 1.71. The second kappa shape index (κ2) is 4.49. The summed E-state index contributed by atoms with van der Waals surface area (Å²) in [5.74, 6) is 2.30. The number of nitrogens with zero attached hydrogens (tertiary/aromatic N) is 1. The van der Waals surface area contributed by atoms with Gasteiger partial charge in [-0.25, -0.2) is 0 Å². The predicted octanol–water partition coefficient (Wildman–Crippen LogP) is 4.51. The Kier molecular flexibility index (Phi) is 2.82. The van der Waals surface area contributed by atoms with Crippen LogP contribution < -0.4 is 0 Å². The Hall–Kier alpha value is -1.51. The molecular formula is C18H21NO2. The second-order valence-electron chi connectivity index (χ2n) is 7.31. The van der Waals surface area contributed by atoms with E-state index in [1.165, 1.54) is 11.1 Å². The van der Waals surface area contributed by atoms with E-state index in [-0.39, 0.29) is 5.41 Å². The third-order valence-electron chi connectivity index (χ3n) is 6.52. The van der Waals surface area contributed by atoms with Crippen molar-refractivity contribution in [1.82, 2.24) is 0 Å². The van der Waals surface area contributed by atoms with Gasteiger partial charge in [-0.3, -0.25) is 4.79 Å². The predicted molar refractivity (Wildman–Crippen MR) is 81.5 cm³/mol. The second-order valence-corrected chi connectivity index (χ2v) is 7.31. The number of fused-ring (bicyclic) bond motifs is 5. The smallest absolute Gasteiger partial charge is 0.139 e. The van der Waals surface area contributed by atoms with Gasteiger partial charge in [-0.2, -0.15) is 0 Å². The average molecular weight is 283 g/mol. The molecule has 0 heterocycles. The van der Waals surface area contributed by atoms with Crippen LogP contribution in [0.5, 0.6) is 0 Å². The molecule has 0 spiro atoms. The van der Waals surface area contributed by atoms with E-state index in [4.69, 9.17) is 0 Å². The standard InChI is InChI=1S/C18H21NO2/c1-18-9-8-14-13-5-3-12(19-21)10-11(13)2-4-15(14)16(18)6-7-17(18)20/h3,5,10,14-16H,2,4,6-9H2,1H3/t14?,15?,16?,18-/m0/s1. The van der Waals surface area contributed by atoms with Crippen molar-refractivity contribution in [3.05, 3.63) is 34.2 Å². The summed E-state index contributed by atoms with van der Waals surface area (Å²) in [7, 11) is 0. The Morgan fingerprint density at radius 1 is 1.19 bits per heavy atom. The first-order chi connectivity index (χ1) is 10.1. The summed E-state index contributed by atoms with van der Waals surface area (Å²) in [6.45, 7) is 2.21. The van der Waals surface area contributed by atoms with Crippen LogP contribution in [0.4, 0.5) is 5.69 Å². The SMILES string of the molecule is C[C@]12CCC3c4ccc(N=O)cc4CCC3C1CCC2=O. The molecule has 0 bridgehead atoms. The van der Waals surface area contributed by atoms with E-state index in [9.17, 15) is 9.70 Å². The minimum atomic E-state index is -0.0526. The van der Waals surface area contributed by atoms with Crippen LogP contribution >= 0.6 is 0 Å². The molecule has 110 valence electrons. The molecule has 2 saturated carbocycles. The van der Waals surface area contributed by atoms with Gasteiger partial charge in [0.1, 0.15) is 11.5 Å². The van der Waals surface area contributed by atoms with Gasteiger partial charge in [0.2, 0.25) is 0 Å². The number of carbonyl (C=O) groups excluding carboxylic acids is 1. The third-order valence-corrected chi connectivity index (χ3v) is 6.52. The van der Waals surface area contributed by atoms with Gasteiger partial charge in [0, 0.05) is 11.8 Å². The Morgan fingerprint density at radius 3 is 2.86 bits per heavy atom. The number of rotatable bonds is 1. The molecule has 21 heavy (non-hydrogen) atoms. The minimum Gasteiger partial charge on any atom is -0.299 e. The molecule has 3 nitrogen and oxygen atoms in total. The van der Waals surface area contributed by atoms with Crippen LogP contribution in [0.25, 0.3) is 0 Å². The molecule has 3 heteroatoms. The van der Waals surface area contributed by atoms with E-state index in [2.05, 4.69) is 18.2 Å². The lowest BCUT2D eigenvalue weighted by molar-refractivity contribution is -0.129. The van der Waals surface area contributed by atoms with Crippen molar-refractivity contribution in [2.24, 2.45) is 22.4 Å². The molecular weight excluding hydrogens is 262 g/mol. The summed E-state index contributed by atoms with van der Waals surface area (Å²) in [4.78, 5) is 23.0. The fourth-order valence-corrected chi connectivity index (χ4v) is 5.40. The van der Waals surface area contributed by atoms with Crippen LogP contribution in [0.1, 0.15) is 56.1 Å². The summed E-state index contributed by atoms with van der Waals surface area (Å²) in [6.07, 6.45) is 6.20. The van der Waals surface area contributed by atoms with Gasteiger partial charge >= 0.3 is 0 Å². The van der Waals surface area contributed by atoms with Crippen LogP contribution in [0.15, 0.2) is 23.4 Å². The van der Waals surface area contributed by atoms with Gasteiger partial charge in [0.25, 0.3) is 0 Å². The zero-order valence-corrected chi connectivity index (χ0v) is 12.5. The van der Waals surface area contributed by atoms with Crippen molar-refractivity contribution in [2.45, 2.75) is 51.4 Å². The molecule has 0 amide bonds. The van der Waals surface area contributed by atoms with Crippen molar-refractivity contribution >= 4 is 11.5 Å². The fraction of sp³-hybridized carbons (Fsp3) is 0.611. The largest absolute Gasteiger partial charge is 0.299 e. The quantitative estimate of drug-likeness (QED) is 0.712. The molecule has 0 radical (unpaired) electrons. The molecule has 0 N–H and O–H groups in total. The molecule has 3 unspecified atom stereocenters. The summed E-state index contributed by atoms with van der Waals surface area (Å²) in [5, 5.41) is 3.06. The maximum Gasteiger partial charge on any atom is 0.139 e. The fourth-order valence-electron chi connectivity index (χ4n) is 5.40. The van der Waals surface area contributed by atoms with Crippen LogP contribution in [-0.2, 0) is 11.2 Å². The number of Topliss-reactive ketones (excluding diaryl/α,β-unsaturated/α-hetero) is 1. The molecule has 3 aliphatic carbocycles. The Morgan fingerprint density at radius 2 is 2.05 bits per heavy atom. The lowest BCUT2D eigenvalue weighted by atomic mass is 9.55. The van der Waals surface area contributed by atoms with E-state index in [1.807, 2.05) is 12.1 Å². The highest BCUT2D eigenvalue weighted by Gasteiger charge is 2.54. The average Bonchev–Trinajstić information content (AvgIpc) is 2.82. The van der Waals surface area contributed by atoms with Crippen LogP contribution in [0, 0.1) is 22.2 Å². The summed E-state index contributed by atoms with van der Waals surface area (Å²) >= 11 is 0. The van der Waals surface area contributed by atoms with Gasteiger partial charge in [-0.1, -0.05) is 13.0 Å². The maximum absolute atomic E-state index is 12.3.